The molecule has 1 aliphatic heterocycles. The molecule has 4 aromatic rings. The van der Waals surface area contributed by atoms with E-state index in [2.05, 4.69) is 0 Å². The molecule has 0 unspecified atom stereocenters. The molecule has 162 valence electrons. The van der Waals surface area contributed by atoms with E-state index in [0.29, 0.717) is 22.1 Å². The van der Waals surface area contributed by atoms with Gasteiger partial charge in [0.2, 0.25) is 0 Å². The normalized spacial score (nSPS) is 13.7. The van der Waals surface area contributed by atoms with Crippen LogP contribution in [0.15, 0.2) is 91.0 Å². The number of ether oxygens (including phenoxy) is 2. The monoisotopic (exact) mass is 436 g/mol. The summed E-state index contributed by atoms with van der Waals surface area (Å²) in [4.78, 5) is 25.0. The van der Waals surface area contributed by atoms with Crippen LogP contribution >= 0.6 is 0 Å². The highest BCUT2D eigenvalue weighted by Crippen LogP contribution is 2.47. The van der Waals surface area contributed by atoms with Gasteiger partial charge in [0.15, 0.2) is 5.60 Å². The third-order valence-electron chi connectivity index (χ3n) is 5.96. The molecule has 5 nitrogen and oxygen atoms in total. The molecule has 0 fully saturated rings. The summed E-state index contributed by atoms with van der Waals surface area (Å²) in [5.74, 6) is -1.49. The lowest BCUT2D eigenvalue weighted by Gasteiger charge is -2.37. The Kier molecular flexibility index (Phi) is 4.94. The quantitative estimate of drug-likeness (QED) is 0.417. The van der Waals surface area contributed by atoms with Gasteiger partial charge in [-0.05, 0) is 12.2 Å². The van der Waals surface area contributed by atoms with Crippen LogP contribution in [0.1, 0.15) is 37.4 Å². The fourth-order valence-corrected chi connectivity index (χ4v) is 4.48. The minimum Gasteiger partial charge on any atom is -0.478 e. The van der Waals surface area contributed by atoms with Crippen molar-refractivity contribution in [1.29, 1.82) is 0 Å². The summed E-state index contributed by atoms with van der Waals surface area (Å²) in [6.45, 7) is 0. The third-order valence-corrected chi connectivity index (χ3v) is 5.96. The molecule has 33 heavy (non-hydrogen) atoms. The third kappa shape index (κ3) is 3.17. The number of esters is 1. The molecule has 0 aromatic heterocycles. The highest BCUT2D eigenvalue weighted by atomic mass is 16.5. The Labute approximate surface area is 190 Å². The van der Waals surface area contributed by atoms with E-state index in [0.717, 1.165) is 11.1 Å². The molecule has 0 aliphatic carbocycles. The molecule has 5 rings (SSSR count). The summed E-state index contributed by atoms with van der Waals surface area (Å²) in [7, 11) is 1.24. The van der Waals surface area contributed by atoms with Crippen molar-refractivity contribution in [1.82, 2.24) is 0 Å². The van der Waals surface area contributed by atoms with Gasteiger partial charge in [-0.1, -0.05) is 84.9 Å². The molecule has 0 saturated carbocycles. The summed E-state index contributed by atoms with van der Waals surface area (Å²) >= 11 is 0. The second-order valence-corrected chi connectivity index (χ2v) is 7.74. The lowest BCUT2D eigenvalue weighted by molar-refractivity contribution is 0.0581. The van der Waals surface area contributed by atoms with Crippen LogP contribution in [0.3, 0.4) is 0 Å². The maximum absolute atomic E-state index is 12.8. The standard InChI is InChI=1S/C28H20O5/c1-32-27(31)24-22-16-17-28(18-10-4-2-5-11-18,19-12-6-3-7-13-19)33-25(22)21-15-9-8-14-20(21)23(24)26(29)30/h2-17H,1H3,(H,29,30). The van der Waals surface area contributed by atoms with Gasteiger partial charge in [-0.15, -0.1) is 0 Å². The van der Waals surface area contributed by atoms with Gasteiger partial charge in [0.25, 0.3) is 0 Å². The highest BCUT2D eigenvalue weighted by molar-refractivity contribution is 6.16. The number of hydrogen-bond donors (Lipinski definition) is 1. The number of carboxylic acids is 1. The number of rotatable bonds is 4. The fraction of sp³-hybridized carbons (Fsp3) is 0.0714. The van der Waals surface area contributed by atoms with Crippen molar-refractivity contribution in [2.45, 2.75) is 5.60 Å². The SMILES string of the molecule is COC(=O)c1c2c(c3ccccc3c1C(=O)O)OC(c1ccccc1)(c1ccccc1)C=C2. The van der Waals surface area contributed by atoms with Gasteiger partial charge in [0, 0.05) is 27.5 Å². The van der Waals surface area contributed by atoms with Crippen LogP contribution in [0.25, 0.3) is 16.8 Å². The van der Waals surface area contributed by atoms with E-state index >= 15 is 0 Å². The smallest absolute Gasteiger partial charge is 0.339 e. The second kappa shape index (κ2) is 7.95. The molecular formula is C28H20O5. The second-order valence-electron chi connectivity index (χ2n) is 7.74. The molecule has 0 radical (unpaired) electrons. The number of carbonyl (C=O) groups excluding carboxylic acids is 1. The first kappa shape index (κ1) is 20.5. The molecule has 5 heteroatoms. The number of hydrogen-bond acceptors (Lipinski definition) is 4. The number of carbonyl (C=O) groups is 2. The van der Waals surface area contributed by atoms with Gasteiger partial charge in [-0.3, -0.25) is 0 Å². The zero-order chi connectivity index (χ0) is 23.0. The molecule has 1 heterocycles. The van der Waals surface area contributed by atoms with Crippen molar-refractivity contribution >= 4 is 28.8 Å². The predicted octanol–water partition coefficient (Wildman–Crippen LogP) is 5.67. The minimum atomic E-state index is -1.20. The van der Waals surface area contributed by atoms with E-state index in [1.165, 1.54) is 7.11 Å². The Morgan fingerprint density at radius 3 is 1.88 bits per heavy atom. The van der Waals surface area contributed by atoms with Gasteiger partial charge < -0.3 is 14.6 Å². The van der Waals surface area contributed by atoms with E-state index in [1.807, 2.05) is 78.9 Å². The molecular weight excluding hydrogens is 416 g/mol. The van der Waals surface area contributed by atoms with Gasteiger partial charge in [0.05, 0.1) is 18.2 Å². The van der Waals surface area contributed by atoms with Gasteiger partial charge in [0.1, 0.15) is 5.75 Å². The van der Waals surface area contributed by atoms with Crippen molar-refractivity contribution < 1.29 is 24.2 Å². The number of aromatic carboxylic acids is 1. The van der Waals surface area contributed by atoms with Crippen LogP contribution in [0.4, 0.5) is 0 Å². The van der Waals surface area contributed by atoms with Crippen LogP contribution in [0.2, 0.25) is 0 Å². The zero-order valence-electron chi connectivity index (χ0n) is 17.8. The van der Waals surface area contributed by atoms with Gasteiger partial charge in [-0.2, -0.15) is 0 Å². The Morgan fingerprint density at radius 2 is 1.33 bits per heavy atom. The molecule has 1 aliphatic rings. The summed E-state index contributed by atoms with van der Waals surface area (Å²) in [6.07, 6.45) is 3.64. The maximum Gasteiger partial charge on any atom is 0.339 e. The fourth-order valence-electron chi connectivity index (χ4n) is 4.48. The zero-order valence-corrected chi connectivity index (χ0v) is 17.8. The van der Waals surface area contributed by atoms with Crippen molar-refractivity contribution in [2.24, 2.45) is 0 Å². The Balaban J connectivity index is 1.88. The van der Waals surface area contributed by atoms with Crippen LogP contribution in [-0.4, -0.2) is 24.2 Å². The lowest BCUT2D eigenvalue weighted by Crippen LogP contribution is -2.35. The van der Waals surface area contributed by atoms with E-state index in [4.69, 9.17) is 9.47 Å². The highest BCUT2D eigenvalue weighted by Gasteiger charge is 2.40. The van der Waals surface area contributed by atoms with E-state index in [1.54, 1.807) is 18.2 Å². The molecule has 4 aromatic carbocycles. The Bertz CT molecular complexity index is 1370. The molecule has 0 spiro atoms. The van der Waals surface area contributed by atoms with E-state index in [9.17, 15) is 14.7 Å². The van der Waals surface area contributed by atoms with Crippen molar-refractivity contribution in [3.8, 4) is 5.75 Å². The summed E-state index contributed by atoms with van der Waals surface area (Å²) < 4.78 is 11.8. The van der Waals surface area contributed by atoms with Gasteiger partial charge >= 0.3 is 11.9 Å². The Hall–Kier alpha value is -4.38. The maximum atomic E-state index is 12.8. The van der Waals surface area contributed by atoms with E-state index < -0.39 is 17.5 Å². The topological polar surface area (TPSA) is 72.8 Å². The average molecular weight is 436 g/mol. The van der Waals surface area contributed by atoms with Crippen molar-refractivity contribution in [3.63, 3.8) is 0 Å². The lowest BCUT2D eigenvalue weighted by atomic mass is 9.82. The molecule has 0 amide bonds. The summed E-state index contributed by atoms with van der Waals surface area (Å²) in [5.41, 5.74) is 1.12. The van der Waals surface area contributed by atoms with Crippen LogP contribution in [0.5, 0.6) is 5.75 Å². The number of benzene rings is 4. The first-order valence-electron chi connectivity index (χ1n) is 10.5. The van der Waals surface area contributed by atoms with Crippen molar-refractivity contribution in [3.05, 3.63) is 119 Å². The largest absolute Gasteiger partial charge is 0.478 e. The summed E-state index contributed by atoms with van der Waals surface area (Å²) in [6, 6.07) is 26.6. The Morgan fingerprint density at radius 1 is 0.788 bits per heavy atom. The molecule has 0 atom stereocenters. The first-order valence-corrected chi connectivity index (χ1v) is 10.5. The van der Waals surface area contributed by atoms with Crippen molar-refractivity contribution in [2.75, 3.05) is 7.11 Å². The first-order chi connectivity index (χ1) is 16.1. The molecule has 0 saturated heterocycles. The number of methoxy groups -OCH3 is 1. The van der Waals surface area contributed by atoms with Crippen LogP contribution in [0, 0.1) is 0 Å². The van der Waals surface area contributed by atoms with Crippen LogP contribution in [-0.2, 0) is 10.3 Å². The van der Waals surface area contributed by atoms with Crippen LogP contribution < -0.4 is 4.74 Å². The molecule has 0 bridgehead atoms. The van der Waals surface area contributed by atoms with Gasteiger partial charge in [-0.25, -0.2) is 9.59 Å². The van der Waals surface area contributed by atoms with E-state index in [-0.39, 0.29) is 11.1 Å². The predicted molar refractivity (Wildman–Crippen MR) is 126 cm³/mol. The molecule has 1 N–H and O–H groups in total. The number of carboxylic acid groups (broad SMARTS) is 1. The number of fused-ring (bicyclic) bond motifs is 3. The minimum absolute atomic E-state index is 0.0235. The average Bonchev–Trinajstić information content (AvgIpc) is 2.88. The summed E-state index contributed by atoms with van der Waals surface area (Å²) in [5, 5.41) is 11.0.